The van der Waals surface area contributed by atoms with Crippen LogP contribution in [-0.2, 0) is 0 Å². The fourth-order valence-electron chi connectivity index (χ4n) is 3.13. The minimum Gasteiger partial charge on any atom is -0.497 e. The van der Waals surface area contributed by atoms with Gasteiger partial charge in [0.2, 0.25) is 0 Å². The second-order valence-electron chi connectivity index (χ2n) is 6.61. The van der Waals surface area contributed by atoms with E-state index >= 15 is 0 Å². The van der Waals surface area contributed by atoms with Gasteiger partial charge in [-0.2, -0.15) is 0 Å². The number of nitrogens with one attached hydrogen (secondary N) is 3. The van der Waals surface area contributed by atoms with E-state index in [1.54, 1.807) is 31.4 Å². The minimum absolute atomic E-state index is 0.192. The standard InChI is InChI=1S/C21H26N4O3/c1-28-19-9-7-16(8-10-19)20(26)22-11-12-23-21(27)24-17-5-4-6-18(15-17)25-13-2-3-14-25/h4-10,15H,2-3,11-14H2,1H3,(H,22,26)(H2,23,24,27). The highest BCUT2D eigenvalue weighted by Crippen LogP contribution is 2.23. The first-order chi connectivity index (χ1) is 13.7. The van der Waals surface area contributed by atoms with Gasteiger partial charge in [-0.05, 0) is 55.3 Å². The van der Waals surface area contributed by atoms with Crippen molar-refractivity contribution in [3.8, 4) is 5.75 Å². The van der Waals surface area contributed by atoms with Gasteiger partial charge in [0.05, 0.1) is 7.11 Å². The molecule has 0 spiro atoms. The zero-order chi connectivity index (χ0) is 19.8. The summed E-state index contributed by atoms with van der Waals surface area (Å²) < 4.78 is 5.07. The number of nitrogens with zero attached hydrogens (tertiary/aromatic N) is 1. The van der Waals surface area contributed by atoms with Gasteiger partial charge in [-0.1, -0.05) is 6.07 Å². The number of anilines is 2. The number of hydrogen-bond donors (Lipinski definition) is 3. The summed E-state index contributed by atoms with van der Waals surface area (Å²) in [5.74, 6) is 0.506. The van der Waals surface area contributed by atoms with Gasteiger partial charge in [-0.3, -0.25) is 4.79 Å². The van der Waals surface area contributed by atoms with Crippen LogP contribution in [0.3, 0.4) is 0 Å². The summed E-state index contributed by atoms with van der Waals surface area (Å²) in [4.78, 5) is 26.4. The molecular weight excluding hydrogens is 356 g/mol. The lowest BCUT2D eigenvalue weighted by atomic mass is 10.2. The molecule has 1 aliphatic heterocycles. The van der Waals surface area contributed by atoms with Crippen LogP contribution in [0.1, 0.15) is 23.2 Å². The SMILES string of the molecule is COc1ccc(C(=O)NCCNC(=O)Nc2cccc(N3CCCC3)c2)cc1. The Kier molecular flexibility index (Phi) is 6.73. The van der Waals surface area contributed by atoms with Crippen LogP contribution in [0.25, 0.3) is 0 Å². The number of carbonyl (C=O) groups is 2. The molecule has 3 amide bonds. The summed E-state index contributed by atoms with van der Waals surface area (Å²) in [5.41, 5.74) is 2.43. The Hall–Kier alpha value is -3.22. The van der Waals surface area contributed by atoms with Crippen molar-refractivity contribution < 1.29 is 14.3 Å². The highest BCUT2D eigenvalue weighted by molar-refractivity contribution is 5.94. The van der Waals surface area contributed by atoms with Gasteiger partial charge in [-0.25, -0.2) is 4.79 Å². The van der Waals surface area contributed by atoms with Gasteiger partial charge in [-0.15, -0.1) is 0 Å². The zero-order valence-corrected chi connectivity index (χ0v) is 16.0. The monoisotopic (exact) mass is 382 g/mol. The van der Waals surface area contributed by atoms with Gasteiger partial charge in [0.25, 0.3) is 5.91 Å². The molecule has 3 rings (SSSR count). The number of carbonyl (C=O) groups excluding carboxylic acids is 2. The average molecular weight is 382 g/mol. The summed E-state index contributed by atoms with van der Waals surface area (Å²) in [5, 5.41) is 8.35. The van der Waals surface area contributed by atoms with Crippen molar-refractivity contribution in [3.05, 3.63) is 54.1 Å². The van der Waals surface area contributed by atoms with Gasteiger partial charge < -0.3 is 25.6 Å². The highest BCUT2D eigenvalue weighted by atomic mass is 16.5. The van der Waals surface area contributed by atoms with E-state index in [1.807, 2.05) is 18.2 Å². The lowest BCUT2D eigenvalue weighted by Crippen LogP contribution is -2.36. The van der Waals surface area contributed by atoms with Crippen LogP contribution in [-0.4, -0.2) is 45.2 Å². The number of ether oxygens (including phenoxy) is 1. The summed E-state index contributed by atoms with van der Waals surface area (Å²) in [7, 11) is 1.58. The normalized spacial score (nSPS) is 13.1. The van der Waals surface area contributed by atoms with Crippen molar-refractivity contribution in [3.63, 3.8) is 0 Å². The number of rotatable bonds is 7. The first kappa shape index (κ1) is 19.5. The van der Waals surface area contributed by atoms with Crippen molar-refractivity contribution in [1.29, 1.82) is 0 Å². The summed E-state index contributed by atoms with van der Waals surface area (Å²) in [6.45, 7) is 2.79. The van der Waals surface area contributed by atoms with E-state index in [4.69, 9.17) is 4.74 Å². The van der Waals surface area contributed by atoms with E-state index in [0.717, 1.165) is 24.5 Å². The molecule has 0 saturated carbocycles. The predicted molar refractivity (Wildman–Crippen MR) is 110 cm³/mol. The fourth-order valence-corrected chi connectivity index (χ4v) is 3.13. The van der Waals surface area contributed by atoms with Crippen LogP contribution < -0.4 is 25.6 Å². The number of benzene rings is 2. The maximum atomic E-state index is 12.1. The van der Waals surface area contributed by atoms with Crippen LogP contribution in [0.4, 0.5) is 16.2 Å². The average Bonchev–Trinajstić information content (AvgIpc) is 3.26. The molecule has 0 unspecified atom stereocenters. The van der Waals surface area contributed by atoms with E-state index < -0.39 is 0 Å². The topological polar surface area (TPSA) is 82.7 Å². The Morgan fingerprint density at radius 1 is 1.00 bits per heavy atom. The van der Waals surface area contributed by atoms with Crippen LogP contribution in [0, 0.1) is 0 Å². The summed E-state index contributed by atoms with van der Waals surface area (Å²) in [6, 6.07) is 14.4. The molecule has 3 N–H and O–H groups in total. The molecular formula is C21H26N4O3. The summed E-state index contributed by atoms with van der Waals surface area (Å²) in [6.07, 6.45) is 2.42. The molecule has 1 heterocycles. The first-order valence-corrected chi connectivity index (χ1v) is 9.48. The van der Waals surface area contributed by atoms with Crippen LogP contribution in [0.5, 0.6) is 5.75 Å². The van der Waals surface area contributed by atoms with Crippen molar-refractivity contribution in [2.75, 3.05) is 43.5 Å². The van der Waals surface area contributed by atoms with Crippen LogP contribution in [0.2, 0.25) is 0 Å². The van der Waals surface area contributed by atoms with Crippen molar-refractivity contribution in [1.82, 2.24) is 10.6 Å². The van der Waals surface area contributed by atoms with Gasteiger partial charge >= 0.3 is 6.03 Å². The second kappa shape index (κ2) is 9.64. The molecule has 0 aromatic heterocycles. The molecule has 148 valence electrons. The van der Waals surface area contributed by atoms with E-state index in [1.165, 1.54) is 12.8 Å². The molecule has 0 atom stereocenters. The minimum atomic E-state index is -0.294. The first-order valence-electron chi connectivity index (χ1n) is 9.48. The Labute approximate surface area is 165 Å². The van der Waals surface area contributed by atoms with E-state index in [-0.39, 0.29) is 11.9 Å². The molecule has 1 saturated heterocycles. The molecule has 7 heteroatoms. The number of methoxy groups -OCH3 is 1. The lowest BCUT2D eigenvalue weighted by molar-refractivity contribution is 0.0954. The number of amides is 3. The smallest absolute Gasteiger partial charge is 0.319 e. The van der Waals surface area contributed by atoms with Crippen molar-refractivity contribution in [2.45, 2.75) is 12.8 Å². The quantitative estimate of drug-likeness (QED) is 0.643. The van der Waals surface area contributed by atoms with Gasteiger partial charge in [0, 0.05) is 43.1 Å². The van der Waals surface area contributed by atoms with E-state index in [2.05, 4.69) is 26.9 Å². The maximum Gasteiger partial charge on any atom is 0.319 e. The highest BCUT2D eigenvalue weighted by Gasteiger charge is 2.13. The third-order valence-electron chi connectivity index (χ3n) is 4.62. The largest absolute Gasteiger partial charge is 0.497 e. The zero-order valence-electron chi connectivity index (χ0n) is 16.0. The Bertz CT molecular complexity index is 802. The Morgan fingerprint density at radius 2 is 1.71 bits per heavy atom. The maximum absolute atomic E-state index is 12.1. The molecule has 28 heavy (non-hydrogen) atoms. The predicted octanol–water partition coefficient (Wildman–Crippen LogP) is 2.85. The molecule has 0 aliphatic carbocycles. The second-order valence-corrected chi connectivity index (χ2v) is 6.61. The third-order valence-corrected chi connectivity index (χ3v) is 4.62. The summed E-state index contributed by atoms with van der Waals surface area (Å²) >= 11 is 0. The van der Waals surface area contributed by atoms with Gasteiger partial charge in [0.15, 0.2) is 0 Å². The van der Waals surface area contributed by atoms with Crippen LogP contribution >= 0.6 is 0 Å². The number of hydrogen-bond acceptors (Lipinski definition) is 4. The molecule has 7 nitrogen and oxygen atoms in total. The van der Waals surface area contributed by atoms with Gasteiger partial charge in [0.1, 0.15) is 5.75 Å². The molecule has 0 radical (unpaired) electrons. The fraction of sp³-hybridized carbons (Fsp3) is 0.333. The molecule has 2 aromatic carbocycles. The third kappa shape index (κ3) is 5.39. The Balaban J connectivity index is 1.39. The molecule has 1 fully saturated rings. The van der Waals surface area contributed by atoms with E-state index in [0.29, 0.717) is 24.4 Å². The Morgan fingerprint density at radius 3 is 2.43 bits per heavy atom. The van der Waals surface area contributed by atoms with Crippen molar-refractivity contribution >= 4 is 23.3 Å². The molecule has 0 bridgehead atoms. The van der Waals surface area contributed by atoms with Crippen LogP contribution in [0.15, 0.2) is 48.5 Å². The molecule has 1 aliphatic rings. The lowest BCUT2D eigenvalue weighted by Gasteiger charge is -2.18. The molecule has 2 aromatic rings. The van der Waals surface area contributed by atoms with E-state index in [9.17, 15) is 9.59 Å². The van der Waals surface area contributed by atoms with Crippen molar-refractivity contribution in [2.24, 2.45) is 0 Å². The number of urea groups is 1.